The van der Waals surface area contributed by atoms with Gasteiger partial charge in [-0.05, 0) is 49.9 Å². The molecule has 5 rings (SSSR count). The van der Waals surface area contributed by atoms with E-state index in [1.165, 1.54) is 16.8 Å². The SMILES string of the molecule is O=C1O[C@]2(CC[C@H](C(=O)Nc3ccn(-c4ccc(F)cc4)n3)CC2)c2c1c(O)cc[n+]2[O-]. The lowest BCUT2D eigenvalue weighted by molar-refractivity contribution is -0.621. The fourth-order valence-electron chi connectivity index (χ4n) is 4.48. The fourth-order valence-corrected chi connectivity index (χ4v) is 4.48. The van der Waals surface area contributed by atoms with Crippen LogP contribution < -0.4 is 10.0 Å². The van der Waals surface area contributed by atoms with Gasteiger partial charge in [-0.25, -0.2) is 13.9 Å². The monoisotopic (exact) mass is 438 g/mol. The number of aromatic hydroxyl groups is 1. The number of carbonyl (C=O) groups excluding carboxylic acids is 2. The van der Waals surface area contributed by atoms with Crippen LogP contribution >= 0.6 is 0 Å². The van der Waals surface area contributed by atoms with Gasteiger partial charge in [0.15, 0.2) is 23.2 Å². The van der Waals surface area contributed by atoms with E-state index in [0.717, 1.165) is 12.3 Å². The van der Waals surface area contributed by atoms with Crippen LogP contribution in [-0.2, 0) is 15.1 Å². The molecule has 0 bridgehead atoms. The Morgan fingerprint density at radius 3 is 2.69 bits per heavy atom. The number of anilines is 1. The molecule has 1 aromatic carbocycles. The quantitative estimate of drug-likeness (QED) is 0.368. The van der Waals surface area contributed by atoms with Gasteiger partial charge in [-0.1, -0.05) is 0 Å². The number of pyridine rings is 1. The number of esters is 1. The Morgan fingerprint density at radius 1 is 1.25 bits per heavy atom. The van der Waals surface area contributed by atoms with Gasteiger partial charge >= 0.3 is 5.97 Å². The fraction of sp³-hybridized carbons (Fsp3) is 0.273. The van der Waals surface area contributed by atoms with Crippen LogP contribution in [0.2, 0.25) is 0 Å². The van der Waals surface area contributed by atoms with Gasteiger partial charge in [-0.3, -0.25) is 4.79 Å². The van der Waals surface area contributed by atoms with Crippen molar-refractivity contribution in [1.82, 2.24) is 9.78 Å². The van der Waals surface area contributed by atoms with Gasteiger partial charge in [-0.15, -0.1) is 0 Å². The maximum absolute atomic E-state index is 13.1. The van der Waals surface area contributed by atoms with E-state index in [-0.39, 0.29) is 34.6 Å². The van der Waals surface area contributed by atoms with E-state index in [1.54, 1.807) is 24.4 Å². The van der Waals surface area contributed by atoms with Crippen molar-refractivity contribution in [3.05, 3.63) is 71.1 Å². The lowest BCUT2D eigenvalue weighted by Crippen LogP contribution is -2.44. The molecule has 9 nitrogen and oxygen atoms in total. The summed E-state index contributed by atoms with van der Waals surface area (Å²) in [5, 5.41) is 29.4. The van der Waals surface area contributed by atoms with E-state index >= 15 is 0 Å². The molecule has 1 spiro atoms. The zero-order chi connectivity index (χ0) is 22.5. The molecular weight excluding hydrogens is 419 g/mol. The van der Waals surface area contributed by atoms with Gasteiger partial charge in [0, 0.05) is 24.2 Å². The molecule has 3 aromatic rings. The van der Waals surface area contributed by atoms with Crippen LogP contribution in [0.1, 0.15) is 41.7 Å². The van der Waals surface area contributed by atoms with Crippen LogP contribution in [0.3, 0.4) is 0 Å². The average molecular weight is 438 g/mol. The summed E-state index contributed by atoms with van der Waals surface area (Å²) in [5.41, 5.74) is -0.466. The average Bonchev–Trinajstić information content (AvgIpc) is 3.35. The molecule has 1 saturated carbocycles. The largest absolute Gasteiger partial charge is 0.618 e. The smallest absolute Gasteiger partial charge is 0.349 e. The van der Waals surface area contributed by atoms with E-state index in [1.807, 2.05) is 0 Å². The van der Waals surface area contributed by atoms with Crippen molar-refractivity contribution in [2.24, 2.45) is 5.92 Å². The molecule has 1 fully saturated rings. The van der Waals surface area contributed by atoms with Gasteiger partial charge in [0.1, 0.15) is 11.6 Å². The highest BCUT2D eigenvalue weighted by molar-refractivity contribution is 5.96. The zero-order valence-corrected chi connectivity index (χ0v) is 16.8. The third-order valence-electron chi connectivity index (χ3n) is 6.10. The summed E-state index contributed by atoms with van der Waals surface area (Å²) in [7, 11) is 0. The Bertz CT molecular complexity index is 1220. The van der Waals surface area contributed by atoms with Crippen molar-refractivity contribution < 1.29 is 28.6 Å². The molecule has 10 heteroatoms. The number of hydrogen-bond acceptors (Lipinski definition) is 6. The van der Waals surface area contributed by atoms with Crippen LogP contribution in [-0.4, -0.2) is 26.8 Å². The summed E-state index contributed by atoms with van der Waals surface area (Å²) in [6.07, 6.45) is 4.18. The number of nitrogens with one attached hydrogen (secondary N) is 1. The first kappa shape index (κ1) is 20.0. The number of fused-ring (bicyclic) bond motifs is 2. The summed E-state index contributed by atoms with van der Waals surface area (Å²) >= 11 is 0. The van der Waals surface area contributed by atoms with Crippen molar-refractivity contribution >= 4 is 17.7 Å². The first-order chi connectivity index (χ1) is 15.4. The Balaban J connectivity index is 1.27. The van der Waals surface area contributed by atoms with E-state index in [4.69, 9.17) is 4.74 Å². The predicted octanol–water partition coefficient (Wildman–Crippen LogP) is 2.54. The number of benzene rings is 1. The summed E-state index contributed by atoms with van der Waals surface area (Å²) in [6.45, 7) is 0. The molecule has 0 saturated heterocycles. The lowest BCUT2D eigenvalue weighted by atomic mass is 9.76. The third-order valence-corrected chi connectivity index (χ3v) is 6.10. The molecular formula is C22H19FN4O5. The summed E-state index contributed by atoms with van der Waals surface area (Å²) in [6, 6.07) is 8.61. The molecule has 1 amide bonds. The summed E-state index contributed by atoms with van der Waals surface area (Å²) < 4.78 is 20.7. The molecule has 164 valence electrons. The highest BCUT2D eigenvalue weighted by atomic mass is 19.1. The van der Waals surface area contributed by atoms with Crippen LogP contribution in [0, 0.1) is 16.9 Å². The second kappa shape index (κ2) is 7.33. The minimum atomic E-state index is -1.13. The first-order valence-electron chi connectivity index (χ1n) is 10.2. The van der Waals surface area contributed by atoms with Crippen molar-refractivity contribution in [2.45, 2.75) is 31.3 Å². The Labute approximate surface area is 181 Å². The number of amides is 1. The number of halogens is 1. The van der Waals surface area contributed by atoms with Gasteiger partial charge in [0.2, 0.25) is 5.91 Å². The van der Waals surface area contributed by atoms with E-state index in [0.29, 0.717) is 41.9 Å². The first-order valence-corrected chi connectivity index (χ1v) is 10.2. The van der Waals surface area contributed by atoms with Crippen LogP contribution in [0.15, 0.2) is 48.8 Å². The van der Waals surface area contributed by atoms with Crippen molar-refractivity contribution in [3.63, 3.8) is 0 Å². The standard InChI is InChI=1S/C22H19FN4O5/c23-14-1-3-15(4-2-14)26-11-8-17(25-26)24-20(29)13-5-9-22(10-6-13)19-18(21(30)32-22)16(28)7-12-27(19)31/h1-4,7-8,11-13,28H,5-6,9-10H2,(H,24,25,29)/t13-,22-. The summed E-state index contributed by atoms with van der Waals surface area (Å²) in [5.74, 6) is -1.57. The number of aromatic nitrogens is 3. The second-order valence-corrected chi connectivity index (χ2v) is 8.02. The van der Waals surface area contributed by atoms with E-state index in [9.17, 15) is 24.3 Å². The Morgan fingerprint density at radius 2 is 1.97 bits per heavy atom. The highest BCUT2D eigenvalue weighted by Crippen LogP contribution is 2.48. The van der Waals surface area contributed by atoms with Crippen molar-refractivity contribution in [2.75, 3.05) is 5.32 Å². The van der Waals surface area contributed by atoms with Crippen molar-refractivity contribution in [1.29, 1.82) is 0 Å². The lowest BCUT2D eigenvalue weighted by Gasteiger charge is -2.33. The maximum Gasteiger partial charge on any atom is 0.349 e. The highest BCUT2D eigenvalue weighted by Gasteiger charge is 2.55. The molecule has 1 aliphatic carbocycles. The molecule has 2 N–H and O–H groups in total. The number of carbonyl (C=O) groups is 2. The molecule has 0 radical (unpaired) electrons. The normalized spacial score (nSPS) is 21.9. The van der Waals surface area contributed by atoms with Gasteiger partial charge in [-0.2, -0.15) is 9.83 Å². The number of rotatable bonds is 3. The maximum atomic E-state index is 13.1. The summed E-state index contributed by atoms with van der Waals surface area (Å²) in [4.78, 5) is 25.0. The van der Waals surface area contributed by atoms with Gasteiger partial charge in [0.25, 0.3) is 5.69 Å². The molecule has 3 heterocycles. The number of hydrogen-bond donors (Lipinski definition) is 2. The Hall–Kier alpha value is -3.95. The van der Waals surface area contributed by atoms with E-state index < -0.39 is 11.6 Å². The molecule has 32 heavy (non-hydrogen) atoms. The number of nitrogens with zero attached hydrogens (tertiary/aromatic N) is 3. The van der Waals surface area contributed by atoms with Crippen LogP contribution in [0.4, 0.5) is 10.2 Å². The molecule has 2 aromatic heterocycles. The van der Waals surface area contributed by atoms with Gasteiger partial charge in [0.05, 0.1) is 5.69 Å². The molecule has 0 unspecified atom stereocenters. The minimum Gasteiger partial charge on any atom is -0.618 e. The van der Waals surface area contributed by atoms with Crippen LogP contribution in [0.25, 0.3) is 5.69 Å². The van der Waals surface area contributed by atoms with Gasteiger partial charge < -0.3 is 20.4 Å². The minimum absolute atomic E-state index is 0.100. The third kappa shape index (κ3) is 3.24. The predicted molar refractivity (Wildman–Crippen MR) is 108 cm³/mol. The Kier molecular flexibility index (Phi) is 4.58. The van der Waals surface area contributed by atoms with E-state index in [2.05, 4.69) is 10.4 Å². The number of ether oxygens (including phenoxy) is 1. The second-order valence-electron chi connectivity index (χ2n) is 8.02. The van der Waals surface area contributed by atoms with Crippen LogP contribution in [0.5, 0.6) is 5.75 Å². The topological polar surface area (TPSA) is 120 Å². The molecule has 0 atom stereocenters. The molecule has 1 aliphatic heterocycles. The zero-order valence-electron chi connectivity index (χ0n) is 16.8. The molecule has 2 aliphatic rings. The van der Waals surface area contributed by atoms with Crippen molar-refractivity contribution in [3.8, 4) is 11.4 Å².